The summed E-state index contributed by atoms with van der Waals surface area (Å²) in [4.78, 5) is 39.1. The number of urea groups is 1. The molecule has 4 aromatic rings. The third kappa shape index (κ3) is 5.63. The van der Waals surface area contributed by atoms with E-state index in [1.54, 1.807) is 25.5 Å². The van der Waals surface area contributed by atoms with Gasteiger partial charge in [0.2, 0.25) is 0 Å². The van der Waals surface area contributed by atoms with Gasteiger partial charge in [0.1, 0.15) is 6.10 Å². The molecule has 2 amide bonds. The van der Waals surface area contributed by atoms with Crippen LogP contribution in [0.5, 0.6) is 0 Å². The number of hydrogen-bond acceptors (Lipinski definition) is 8. The molecular weight excluding hydrogens is 475 g/mol. The second kappa shape index (κ2) is 9.94. The topological polar surface area (TPSA) is 139 Å². The monoisotopic (exact) mass is 498 g/mol. The summed E-state index contributed by atoms with van der Waals surface area (Å²) in [6.45, 7) is 5.09. The first-order valence-corrected chi connectivity index (χ1v) is 13.3. The minimum absolute atomic E-state index is 0.299. The average Bonchev–Trinajstić information content (AvgIpc) is 3.20. The quantitative estimate of drug-likeness (QED) is 0.307. The first kappa shape index (κ1) is 23.9. The van der Waals surface area contributed by atoms with Crippen molar-refractivity contribution in [3.8, 4) is 22.4 Å². The standard InChI is InChI=1S/C22H23N6O4PS/c1-4-23-21(29)28-22-27-18-10-14(9-16(19(18)34-22)17-7-5-6-8-24-17)15-11-25-20(26-12-15)13(2)32-33(3,30)31/h5-13H,4H2,1-3H3,(H,30,31)(H2,23,27,28,29)/t13-/m0/s1. The largest absolute Gasteiger partial charge is 0.338 e. The number of rotatable bonds is 7. The number of thiazole rings is 1. The van der Waals surface area contributed by atoms with Crippen LogP contribution >= 0.6 is 18.9 Å². The zero-order valence-electron chi connectivity index (χ0n) is 18.7. The van der Waals surface area contributed by atoms with E-state index in [1.165, 1.54) is 11.3 Å². The van der Waals surface area contributed by atoms with Crippen LogP contribution in [0.25, 0.3) is 32.6 Å². The van der Waals surface area contributed by atoms with Gasteiger partial charge in [-0.1, -0.05) is 17.4 Å². The Kier molecular flexibility index (Phi) is 6.99. The third-order valence-corrected chi connectivity index (χ3v) is 6.44. The molecule has 0 saturated carbocycles. The number of aromatic nitrogens is 4. The molecule has 0 aliphatic heterocycles. The van der Waals surface area contributed by atoms with Gasteiger partial charge in [0.25, 0.3) is 0 Å². The van der Waals surface area contributed by atoms with Gasteiger partial charge in [-0.3, -0.25) is 19.4 Å². The minimum Gasteiger partial charge on any atom is -0.338 e. The molecule has 0 bridgehead atoms. The molecule has 0 aliphatic rings. The van der Waals surface area contributed by atoms with Crippen LogP contribution in [0.2, 0.25) is 0 Å². The number of anilines is 1. The van der Waals surface area contributed by atoms with E-state index in [-0.39, 0.29) is 6.03 Å². The maximum absolute atomic E-state index is 12.0. The molecule has 12 heteroatoms. The van der Waals surface area contributed by atoms with Crippen LogP contribution in [0.15, 0.2) is 48.9 Å². The summed E-state index contributed by atoms with van der Waals surface area (Å²) in [6, 6.07) is 9.21. The van der Waals surface area contributed by atoms with Crippen molar-refractivity contribution in [2.24, 2.45) is 0 Å². The van der Waals surface area contributed by atoms with Gasteiger partial charge in [-0.15, -0.1) is 0 Å². The molecule has 0 spiro atoms. The Bertz CT molecular complexity index is 1360. The molecule has 3 aromatic heterocycles. The number of fused-ring (bicyclic) bond motifs is 1. The van der Waals surface area contributed by atoms with Crippen LogP contribution in [-0.2, 0) is 9.09 Å². The summed E-state index contributed by atoms with van der Waals surface area (Å²) in [5, 5.41) is 5.93. The second-order valence-corrected chi connectivity index (χ2v) is 10.3. The van der Waals surface area contributed by atoms with Crippen LogP contribution in [0.4, 0.5) is 9.93 Å². The molecule has 0 radical (unpaired) electrons. The van der Waals surface area contributed by atoms with E-state index in [0.29, 0.717) is 23.0 Å². The molecule has 34 heavy (non-hydrogen) atoms. The van der Waals surface area contributed by atoms with Gasteiger partial charge in [0.05, 0.1) is 15.9 Å². The summed E-state index contributed by atoms with van der Waals surface area (Å²) in [5.74, 6) is 0.299. The number of nitrogens with one attached hydrogen (secondary N) is 2. The van der Waals surface area contributed by atoms with Crippen molar-refractivity contribution >= 4 is 40.3 Å². The highest BCUT2D eigenvalue weighted by Crippen LogP contribution is 2.42. The molecule has 176 valence electrons. The van der Waals surface area contributed by atoms with Gasteiger partial charge in [-0.05, 0) is 43.7 Å². The van der Waals surface area contributed by atoms with Crippen LogP contribution in [0.3, 0.4) is 0 Å². The average molecular weight is 499 g/mol. The summed E-state index contributed by atoms with van der Waals surface area (Å²) >= 11 is 1.37. The van der Waals surface area contributed by atoms with Crippen molar-refractivity contribution in [1.29, 1.82) is 0 Å². The number of carbonyl (C=O) groups is 1. The number of amides is 2. The van der Waals surface area contributed by atoms with Crippen molar-refractivity contribution in [2.45, 2.75) is 20.0 Å². The first-order chi connectivity index (χ1) is 16.2. The van der Waals surface area contributed by atoms with E-state index >= 15 is 0 Å². The molecule has 4 rings (SSSR count). The van der Waals surface area contributed by atoms with E-state index in [9.17, 15) is 14.3 Å². The lowest BCUT2D eigenvalue weighted by Crippen LogP contribution is -2.28. The fourth-order valence-corrected chi connectivity index (χ4v) is 4.95. The smallest absolute Gasteiger partial charge is 0.325 e. The highest BCUT2D eigenvalue weighted by molar-refractivity contribution is 7.51. The lowest BCUT2D eigenvalue weighted by Gasteiger charge is -2.14. The van der Waals surface area contributed by atoms with Crippen LogP contribution in [0, 0.1) is 0 Å². The van der Waals surface area contributed by atoms with Crippen molar-refractivity contribution in [1.82, 2.24) is 25.3 Å². The summed E-state index contributed by atoms with van der Waals surface area (Å²) < 4.78 is 17.5. The SMILES string of the molecule is CCNC(=O)Nc1nc2cc(-c3cnc([C@H](C)OP(C)(=O)O)nc3)cc(-c3ccccn3)c2s1. The Balaban J connectivity index is 1.74. The summed E-state index contributed by atoms with van der Waals surface area (Å²) in [5.41, 5.74) is 3.87. The molecule has 2 atom stereocenters. The molecule has 10 nitrogen and oxygen atoms in total. The minimum atomic E-state index is -3.67. The van der Waals surface area contributed by atoms with Gasteiger partial charge in [-0.2, -0.15) is 0 Å². The maximum Gasteiger partial charge on any atom is 0.325 e. The van der Waals surface area contributed by atoms with Crippen molar-refractivity contribution in [3.63, 3.8) is 0 Å². The first-order valence-electron chi connectivity index (χ1n) is 10.5. The molecular formula is C22H23N6O4PS. The zero-order chi connectivity index (χ0) is 24.3. The van der Waals surface area contributed by atoms with Crippen molar-refractivity contribution < 1.29 is 18.8 Å². The molecule has 3 N–H and O–H groups in total. The van der Waals surface area contributed by atoms with Crippen molar-refractivity contribution in [2.75, 3.05) is 18.5 Å². The molecule has 3 heterocycles. The van der Waals surface area contributed by atoms with Gasteiger partial charge in [0.15, 0.2) is 11.0 Å². The lowest BCUT2D eigenvalue weighted by molar-refractivity contribution is 0.187. The predicted molar refractivity (Wildman–Crippen MR) is 132 cm³/mol. The van der Waals surface area contributed by atoms with Crippen molar-refractivity contribution in [3.05, 3.63) is 54.7 Å². The molecule has 0 aliphatic carbocycles. The fourth-order valence-electron chi connectivity index (χ4n) is 3.30. The van der Waals surface area contributed by atoms with E-state index in [0.717, 1.165) is 33.7 Å². The second-order valence-electron chi connectivity index (χ2n) is 7.47. The molecule has 1 unspecified atom stereocenters. The van der Waals surface area contributed by atoms with E-state index < -0.39 is 13.7 Å². The maximum atomic E-state index is 12.0. The number of nitrogens with zero attached hydrogens (tertiary/aromatic N) is 4. The number of carbonyl (C=O) groups excluding carboxylic acids is 1. The normalized spacial score (nSPS) is 13.9. The van der Waals surface area contributed by atoms with Gasteiger partial charge in [-0.25, -0.2) is 19.7 Å². The van der Waals surface area contributed by atoms with E-state index in [1.807, 2.05) is 37.3 Å². The molecule has 1 aromatic carbocycles. The lowest BCUT2D eigenvalue weighted by atomic mass is 10.0. The van der Waals surface area contributed by atoms with Gasteiger partial charge < -0.3 is 10.2 Å². The molecule has 0 fully saturated rings. The highest BCUT2D eigenvalue weighted by Gasteiger charge is 2.20. The number of pyridine rings is 1. The number of benzene rings is 1. The zero-order valence-corrected chi connectivity index (χ0v) is 20.4. The Morgan fingerprint density at radius 1 is 1.21 bits per heavy atom. The Morgan fingerprint density at radius 3 is 2.62 bits per heavy atom. The Labute approximate surface area is 200 Å². The number of hydrogen-bond donors (Lipinski definition) is 3. The Hall–Kier alpha value is -3.24. The third-order valence-electron chi connectivity index (χ3n) is 4.71. The summed E-state index contributed by atoms with van der Waals surface area (Å²) in [6.07, 6.45) is 4.24. The Morgan fingerprint density at radius 2 is 1.97 bits per heavy atom. The van der Waals surface area contributed by atoms with Gasteiger partial charge >= 0.3 is 13.6 Å². The van der Waals surface area contributed by atoms with Crippen LogP contribution < -0.4 is 10.6 Å². The van der Waals surface area contributed by atoms with E-state index in [2.05, 4.69) is 30.6 Å². The van der Waals surface area contributed by atoms with Crippen LogP contribution in [0.1, 0.15) is 25.8 Å². The summed E-state index contributed by atoms with van der Waals surface area (Å²) in [7, 11) is -3.67. The highest BCUT2D eigenvalue weighted by atomic mass is 32.1. The van der Waals surface area contributed by atoms with Gasteiger partial charge in [0, 0.05) is 42.9 Å². The van der Waals surface area contributed by atoms with E-state index in [4.69, 9.17) is 4.52 Å². The molecule has 0 saturated heterocycles. The van der Waals surface area contributed by atoms with Crippen LogP contribution in [-0.4, -0.2) is 44.1 Å². The fraction of sp³-hybridized carbons (Fsp3) is 0.227. The predicted octanol–water partition coefficient (Wildman–Crippen LogP) is 4.85.